The Morgan fingerprint density at radius 3 is 2.65 bits per heavy atom. The van der Waals surface area contributed by atoms with Crippen LogP contribution < -0.4 is 4.90 Å². The molecule has 1 aromatic carbocycles. The van der Waals surface area contributed by atoms with Gasteiger partial charge in [0.1, 0.15) is 0 Å². The molecule has 1 aromatic rings. The molecular formula is C25H36F3N3O3. The molecular weight excluding hydrogens is 447 g/mol. The molecule has 34 heavy (non-hydrogen) atoms. The van der Waals surface area contributed by atoms with Gasteiger partial charge >= 0.3 is 6.18 Å². The number of methoxy groups -OCH3 is 1. The number of carbonyl (C=O) groups excluding carboxylic acids is 1. The third kappa shape index (κ3) is 5.86. The van der Waals surface area contributed by atoms with Crippen LogP contribution in [0.1, 0.15) is 44.1 Å². The zero-order valence-corrected chi connectivity index (χ0v) is 19.9. The van der Waals surface area contributed by atoms with E-state index in [9.17, 15) is 23.1 Å². The molecule has 190 valence electrons. The van der Waals surface area contributed by atoms with Crippen molar-refractivity contribution in [3.05, 3.63) is 29.8 Å². The Hall–Kier alpha value is -1.84. The molecule has 3 fully saturated rings. The number of piperidine rings is 1. The Balaban J connectivity index is 1.32. The van der Waals surface area contributed by atoms with Crippen LogP contribution in [0.3, 0.4) is 0 Å². The van der Waals surface area contributed by atoms with Crippen molar-refractivity contribution in [1.82, 2.24) is 9.80 Å². The molecule has 2 atom stereocenters. The van der Waals surface area contributed by atoms with Gasteiger partial charge < -0.3 is 24.5 Å². The first-order valence-electron chi connectivity index (χ1n) is 12.3. The first-order chi connectivity index (χ1) is 16.2. The maximum absolute atomic E-state index is 13.1. The van der Waals surface area contributed by atoms with E-state index in [0.29, 0.717) is 31.9 Å². The fraction of sp³-hybridized carbons (Fsp3) is 0.720. The Morgan fingerprint density at radius 2 is 1.97 bits per heavy atom. The largest absolute Gasteiger partial charge is 0.416 e. The molecule has 6 nitrogen and oxygen atoms in total. The highest BCUT2D eigenvalue weighted by Crippen LogP contribution is 2.53. The van der Waals surface area contributed by atoms with Crippen molar-refractivity contribution in [3.8, 4) is 0 Å². The molecule has 3 aliphatic rings. The van der Waals surface area contributed by atoms with Crippen molar-refractivity contribution in [2.75, 3.05) is 57.9 Å². The Kier molecular flexibility index (Phi) is 7.74. The molecule has 1 amide bonds. The summed E-state index contributed by atoms with van der Waals surface area (Å²) in [5.74, 6) is 0.0144. The van der Waals surface area contributed by atoms with E-state index in [0.717, 1.165) is 63.9 Å². The van der Waals surface area contributed by atoms with E-state index in [1.54, 1.807) is 13.2 Å². The van der Waals surface area contributed by atoms with Crippen molar-refractivity contribution in [2.45, 2.75) is 56.8 Å². The zero-order valence-electron chi connectivity index (χ0n) is 19.9. The van der Waals surface area contributed by atoms with Crippen molar-refractivity contribution in [1.29, 1.82) is 0 Å². The molecule has 0 aromatic heterocycles. The standard InChI is InChI=1S/C25H36F3N3O3/c1-34-18-21(6-3-11-29-13-10-24(8-9-24)22(32)17-29)31-15-14-30(12-7-23(31)33)20-5-2-4-19(16-20)25(26,27)28/h2,4-5,16,21-22,32H,3,6-15,17-18H2,1H3/t21?,22-/m1/s1. The fourth-order valence-electron chi connectivity index (χ4n) is 5.46. The van der Waals surface area contributed by atoms with Crippen LogP contribution in [0.15, 0.2) is 24.3 Å². The third-order valence-corrected chi connectivity index (χ3v) is 7.83. The number of anilines is 1. The van der Waals surface area contributed by atoms with Gasteiger partial charge in [0.25, 0.3) is 0 Å². The minimum Gasteiger partial charge on any atom is -0.391 e. The van der Waals surface area contributed by atoms with E-state index in [4.69, 9.17) is 4.74 Å². The first-order valence-corrected chi connectivity index (χ1v) is 12.3. The summed E-state index contributed by atoms with van der Waals surface area (Å²) in [6.45, 7) is 4.38. The molecule has 1 saturated carbocycles. The number of ether oxygens (including phenoxy) is 1. The molecule has 2 heterocycles. The summed E-state index contributed by atoms with van der Waals surface area (Å²) in [5, 5.41) is 10.4. The van der Waals surface area contributed by atoms with Gasteiger partial charge in [0.15, 0.2) is 0 Å². The van der Waals surface area contributed by atoms with Gasteiger partial charge in [-0.3, -0.25) is 4.79 Å². The topological polar surface area (TPSA) is 56.3 Å². The second kappa shape index (κ2) is 10.4. The molecule has 1 spiro atoms. The molecule has 1 aliphatic carbocycles. The molecule has 4 rings (SSSR count). The highest BCUT2D eigenvalue weighted by atomic mass is 19.4. The molecule has 2 saturated heterocycles. The predicted octanol–water partition coefficient (Wildman–Crippen LogP) is 3.39. The van der Waals surface area contributed by atoms with Crippen molar-refractivity contribution < 1.29 is 27.8 Å². The summed E-state index contributed by atoms with van der Waals surface area (Å²) in [6.07, 6.45) is 0.679. The number of carbonyl (C=O) groups is 1. The van der Waals surface area contributed by atoms with Crippen LogP contribution in [0.4, 0.5) is 18.9 Å². The van der Waals surface area contributed by atoms with E-state index in [2.05, 4.69) is 4.90 Å². The molecule has 9 heteroatoms. The zero-order chi connectivity index (χ0) is 24.3. The molecule has 1 unspecified atom stereocenters. The second-order valence-corrected chi connectivity index (χ2v) is 10.1. The lowest BCUT2D eigenvalue weighted by Crippen LogP contribution is -2.46. The quantitative estimate of drug-likeness (QED) is 0.615. The monoisotopic (exact) mass is 483 g/mol. The van der Waals surface area contributed by atoms with Gasteiger partial charge in [-0.1, -0.05) is 6.07 Å². The average molecular weight is 484 g/mol. The number of β-amino-alcohol motifs (C(OH)–C–C–N with tert-alkyl or cyclic N) is 1. The van der Waals surface area contributed by atoms with Crippen LogP contribution in [0.25, 0.3) is 0 Å². The summed E-state index contributed by atoms with van der Waals surface area (Å²) >= 11 is 0. The number of benzene rings is 1. The molecule has 0 radical (unpaired) electrons. The lowest BCUT2D eigenvalue weighted by atomic mass is 9.90. The normalized spacial score (nSPS) is 24.4. The van der Waals surface area contributed by atoms with Crippen LogP contribution in [-0.4, -0.2) is 85.9 Å². The van der Waals surface area contributed by atoms with Gasteiger partial charge in [-0.2, -0.15) is 13.2 Å². The van der Waals surface area contributed by atoms with Crippen LogP contribution >= 0.6 is 0 Å². The summed E-state index contributed by atoms with van der Waals surface area (Å²) in [5.41, 5.74) is 0.00830. The number of aliphatic hydroxyl groups is 1. The van der Waals surface area contributed by atoms with Gasteiger partial charge in [0.05, 0.1) is 24.3 Å². The van der Waals surface area contributed by atoms with Gasteiger partial charge in [-0.25, -0.2) is 0 Å². The SMILES string of the molecule is COCC(CCCN1CCC2(CC2)[C@H](O)C1)N1CCN(c2cccc(C(F)(F)F)c2)CCC1=O. The Bertz CT molecular complexity index is 846. The lowest BCUT2D eigenvalue weighted by molar-refractivity contribution is -0.137. The molecule has 2 aliphatic heterocycles. The number of alkyl halides is 3. The lowest BCUT2D eigenvalue weighted by Gasteiger charge is -2.37. The summed E-state index contributed by atoms with van der Waals surface area (Å²) < 4.78 is 44.8. The molecule has 1 N–H and O–H groups in total. The summed E-state index contributed by atoms with van der Waals surface area (Å²) in [4.78, 5) is 19.0. The second-order valence-electron chi connectivity index (χ2n) is 10.1. The third-order valence-electron chi connectivity index (χ3n) is 7.83. The van der Waals surface area contributed by atoms with Crippen LogP contribution in [0, 0.1) is 5.41 Å². The summed E-state index contributed by atoms with van der Waals surface area (Å²) in [7, 11) is 1.63. The summed E-state index contributed by atoms with van der Waals surface area (Å²) in [6, 6.07) is 5.24. The fourth-order valence-corrected chi connectivity index (χ4v) is 5.46. The Morgan fingerprint density at radius 1 is 1.18 bits per heavy atom. The van der Waals surface area contributed by atoms with Gasteiger partial charge in [0, 0.05) is 45.4 Å². The number of rotatable bonds is 8. The number of aliphatic hydroxyl groups excluding tert-OH is 1. The van der Waals surface area contributed by atoms with E-state index in [-0.39, 0.29) is 29.9 Å². The van der Waals surface area contributed by atoms with E-state index < -0.39 is 11.7 Å². The van der Waals surface area contributed by atoms with Crippen LogP contribution in [-0.2, 0) is 15.7 Å². The smallest absolute Gasteiger partial charge is 0.391 e. The van der Waals surface area contributed by atoms with E-state index >= 15 is 0 Å². The maximum Gasteiger partial charge on any atom is 0.416 e. The van der Waals surface area contributed by atoms with Gasteiger partial charge in [-0.05, 0) is 68.8 Å². The van der Waals surface area contributed by atoms with Gasteiger partial charge in [-0.15, -0.1) is 0 Å². The van der Waals surface area contributed by atoms with E-state index in [1.807, 2.05) is 9.80 Å². The van der Waals surface area contributed by atoms with Crippen LogP contribution in [0.5, 0.6) is 0 Å². The van der Waals surface area contributed by atoms with Crippen molar-refractivity contribution in [3.63, 3.8) is 0 Å². The van der Waals surface area contributed by atoms with Crippen molar-refractivity contribution in [2.24, 2.45) is 5.41 Å². The minimum atomic E-state index is -4.39. The van der Waals surface area contributed by atoms with Crippen molar-refractivity contribution >= 4 is 11.6 Å². The Labute approximate surface area is 199 Å². The number of likely N-dealkylation sites (tertiary alicyclic amines) is 1. The first kappa shape index (κ1) is 25.3. The highest BCUT2D eigenvalue weighted by molar-refractivity contribution is 5.78. The molecule has 0 bridgehead atoms. The van der Waals surface area contributed by atoms with Crippen LogP contribution in [0.2, 0.25) is 0 Å². The number of hydrogen-bond acceptors (Lipinski definition) is 5. The van der Waals surface area contributed by atoms with E-state index in [1.165, 1.54) is 6.07 Å². The highest BCUT2D eigenvalue weighted by Gasteiger charge is 2.51. The number of hydrogen-bond donors (Lipinski definition) is 1. The number of halogens is 3. The number of amides is 1. The van der Waals surface area contributed by atoms with Gasteiger partial charge in [0.2, 0.25) is 5.91 Å². The average Bonchev–Trinajstić information content (AvgIpc) is 3.60. The predicted molar refractivity (Wildman–Crippen MR) is 124 cm³/mol. The minimum absolute atomic E-state index is 0.0144. The number of nitrogens with zero attached hydrogens (tertiary/aromatic N) is 3. The maximum atomic E-state index is 13.1.